The highest BCUT2D eigenvalue weighted by molar-refractivity contribution is 6.32. The first-order chi connectivity index (χ1) is 12.1. The molecule has 2 aromatic rings. The lowest BCUT2D eigenvalue weighted by Gasteiger charge is -2.19. The van der Waals surface area contributed by atoms with Gasteiger partial charge in [-0.1, -0.05) is 29.8 Å². The van der Waals surface area contributed by atoms with Crippen LogP contribution < -0.4 is 19.9 Å². The molecule has 0 unspecified atom stereocenters. The number of carbonyl (C=O) groups is 1. The molecule has 6 heteroatoms. The van der Waals surface area contributed by atoms with Gasteiger partial charge in [-0.05, 0) is 35.9 Å². The van der Waals surface area contributed by atoms with Gasteiger partial charge in [0.25, 0.3) is 5.91 Å². The highest BCUT2D eigenvalue weighted by Crippen LogP contribution is 2.38. The molecule has 0 aromatic heterocycles. The van der Waals surface area contributed by atoms with Crippen LogP contribution in [0.4, 0.5) is 5.69 Å². The minimum absolute atomic E-state index is 0.241. The molecule has 0 spiro atoms. The predicted molar refractivity (Wildman–Crippen MR) is 99.1 cm³/mol. The molecular weight excluding hydrogens is 340 g/mol. The summed E-state index contributed by atoms with van der Waals surface area (Å²) in [5.41, 5.74) is 4.43. The number of fused-ring (bicyclic) bond motifs is 1. The van der Waals surface area contributed by atoms with Crippen LogP contribution >= 0.6 is 11.6 Å². The summed E-state index contributed by atoms with van der Waals surface area (Å²) in [4.78, 5) is 12.1. The first-order valence-corrected chi connectivity index (χ1v) is 8.38. The average molecular weight is 359 g/mol. The van der Waals surface area contributed by atoms with Crippen molar-refractivity contribution in [2.45, 2.75) is 6.42 Å². The van der Waals surface area contributed by atoms with Crippen LogP contribution in [0.3, 0.4) is 0 Å². The van der Waals surface area contributed by atoms with Gasteiger partial charge in [-0.15, -0.1) is 0 Å². The largest absolute Gasteiger partial charge is 0.489 e. The van der Waals surface area contributed by atoms with Crippen molar-refractivity contribution in [2.75, 3.05) is 25.3 Å². The number of rotatable bonds is 4. The third-order valence-corrected chi connectivity index (χ3v) is 3.95. The van der Waals surface area contributed by atoms with Gasteiger partial charge in [0.1, 0.15) is 0 Å². The van der Waals surface area contributed by atoms with Crippen molar-refractivity contribution in [2.24, 2.45) is 0 Å². The zero-order chi connectivity index (χ0) is 17.6. The van der Waals surface area contributed by atoms with Gasteiger partial charge in [0, 0.05) is 19.5 Å². The molecule has 1 aliphatic rings. The number of anilines is 1. The third-order valence-electron chi connectivity index (χ3n) is 3.67. The molecule has 1 amide bonds. The molecule has 2 aromatic carbocycles. The number of ether oxygens (including phenoxy) is 2. The van der Waals surface area contributed by atoms with Crippen LogP contribution in [0, 0.1) is 0 Å². The molecule has 1 aliphatic heterocycles. The van der Waals surface area contributed by atoms with Crippen molar-refractivity contribution in [1.82, 2.24) is 5.43 Å². The fourth-order valence-electron chi connectivity index (χ4n) is 2.44. The maximum absolute atomic E-state index is 12.1. The lowest BCUT2D eigenvalue weighted by molar-refractivity contribution is -0.116. The van der Waals surface area contributed by atoms with E-state index in [1.807, 2.05) is 36.4 Å². The van der Waals surface area contributed by atoms with Gasteiger partial charge in [0.2, 0.25) is 0 Å². The second kappa shape index (κ2) is 7.94. The minimum atomic E-state index is -0.241. The summed E-state index contributed by atoms with van der Waals surface area (Å²) in [5.74, 6) is 0.922. The number of halogens is 1. The van der Waals surface area contributed by atoms with E-state index in [1.54, 1.807) is 24.2 Å². The van der Waals surface area contributed by atoms with Crippen LogP contribution in [-0.2, 0) is 4.79 Å². The van der Waals surface area contributed by atoms with E-state index in [-0.39, 0.29) is 5.91 Å². The number of hydrogen-bond donors (Lipinski definition) is 1. The molecular formula is C19H19ClN2O3. The highest BCUT2D eigenvalue weighted by atomic mass is 35.5. The Kier molecular flexibility index (Phi) is 5.46. The standard InChI is InChI=1S/C19H19ClN2O3/c1-22(15-6-3-2-4-7-15)21-18(23)9-8-14-12-16(20)19-17(13-14)24-10-5-11-25-19/h2-4,6-9,12-13H,5,10-11H2,1H3,(H,21,23)/b9-8+. The SMILES string of the molecule is CN(NC(=O)/C=C/c1cc(Cl)c2c(c1)OCCCO2)c1ccccc1. The molecule has 130 valence electrons. The van der Waals surface area contributed by atoms with Gasteiger partial charge in [-0.3, -0.25) is 15.2 Å². The van der Waals surface area contributed by atoms with Crippen LogP contribution in [-0.4, -0.2) is 26.2 Å². The van der Waals surface area contributed by atoms with Gasteiger partial charge < -0.3 is 9.47 Å². The Labute approximate surface area is 151 Å². The molecule has 0 saturated carbocycles. The van der Waals surface area contributed by atoms with E-state index < -0.39 is 0 Å². The van der Waals surface area contributed by atoms with Crippen LogP contribution in [0.5, 0.6) is 11.5 Å². The molecule has 1 N–H and O–H groups in total. The smallest absolute Gasteiger partial charge is 0.262 e. The summed E-state index contributed by atoms with van der Waals surface area (Å²) in [6.45, 7) is 1.16. The lowest BCUT2D eigenvalue weighted by atomic mass is 10.2. The number of hydrogen-bond acceptors (Lipinski definition) is 4. The van der Waals surface area contributed by atoms with Gasteiger partial charge in [0.15, 0.2) is 11.5 Å². The number of benzene rings is 2. The van der Waals surface area contributed by atoms with Crippen molar-refractivity contribution >= 4 is 29.3 Å². The summed E-state index contributed by atoms with van der Waals surface area (Å²) in [6.07, 6.45) is 3.95. The Hall–Kier alpha value is -2.66. The van der Waals surface area contributed by atoms with E-state index in [0.717, 1.165) is 17.7 Å². The second-order valence-corrected chi connectivity index (χ2v) is 5.99. The molecule has 0 saturated heterocycles. The highest BCUT2D eigenvalue weighted by Gasteiger charge is 2.15. The van der Waals surface area contributed by atoms with Crippen molar-refractivity contribution in [3.05, 3.63) is 59.1 Å². The van der Waals surface area contributed by atoms with Crippen LogP contribution in [0.25, 0.3) is 6.08 Å². The Balaban J connectivity index is 1.68. The Morgan fingerprint density at radius 2 is 1.96 bits per heavy atom. The van der Waals surface area contributed by atoms with Crippen molar-refractivity contribution < 1.29 is 14.3 Å². The first kappa shape index (κ1) is 17.2. The number of nitrogens with one attached hydrogen (secondary N) is 1. The van der Waals surface area contributed by atoms with Crippen molar-refractivity contribution in [1.29, 1.82) is 0 Å². The molecule has 3 rings (SSSR count). The topological polar surface area (TPSA) is 50.8 Å². The Morgan fingerprint density at radius 3 is 2.76 bits per heavy atom. The quantitative estimate of drug-likeness (QED) is 0.669. The third kappa shape index (κ3) is 4.45. The van der Waals surface area contributed by atoms with Gasteiger partial charge in [-0.2, -0.15) is 0 Å². The maximum atomic E-state index is 12.1. The van der Waals surface area contributed by atoms with E-state index in [9.17, 15) is 4.79 Å². The number of carbonyl (C=O) groups excluding carboxylic acids is 1. The van der Waals surface area contributed by atoms with E-state index >= 15 is 0 Å². The second-order valence-electron chi connectivity index (χ2n) is 5.58. The molecule has 5 nitrogen and oxygen atoms in total. The monoisotopic (exact) mass is 358 g/mol. The number of para-hydroxylation sites is 1. The first-order valence-electron chi connectivity index (χ1n) is 8.00. The normalized spacial score (nSPS) is 13.4. The molecule has 0 atom stereocenters. The van der Waals surface area contributed by atoms with E-state index in [0.29, 0.717) is 29.7 Å². The fourth-order valence-corrected chi connectivity index (χ4v) is 2.71. The molecule has 0 fully saturated rings. The van der Waals surface area contributed by atoms with E-state index in [1.165, 1.54) is 6.08 Å². The van der Waals surface area contributed by atoms with Crippen molar-refractivity contribution in [3.63, 3.8) is 0 Å². The number of amides is 1. The van der Waals surface area contributed by atoms with Gasteiger partial charge >= 0.3 is 0 Å². The van der Waals surface area contributed by atoms with E-state index in [4.69, 9.17) is 21.1 Å². The van der Waals surface area contributed by atoms with Crippen LogP contribution in [0.1, 0.15) is 12.0 Å². The van der Waals surface area contributed by atoms with Gasteiger partial charge in [-0.25, -0.2) is 0 Å². The average Bonchev–Trinajstić information content (AvgIpc) is 2.86. The summed E-state index contributed by atoms with van der Waals surface area (Å²) < 4.78 is 11.2. The van der Waals surface area contributed by atoms with Gasteiger partial charge in [0.05, 0.1) is 23.9 Å². The molecule has 0 aliphatic carbocycles. The van der Waals surface area contributed by atoms with Crippen LogP contribution in [0.2, 0.25) is 5.02 Å². The molecule has 0 bridgehead atoms. The van der Waals surface area contributed by atoms with E-state index in [2.05, 4.69) is 5.43 Å². The molecule has 0 radical (unpaired) electrons. The molecule has 25 heavy (non-hydrogen) atoms. The minimum Gasteiger partial charge on any atom is -0.489 e. The maximum Gasteiger partial charge on any atom is 0.262 e. The summed E-state index contributed by atoms with van der Waals surface area (Å²) in [6, 6.07) is 13.1. The zero-order valence-electron chi connectivity index (χ0n) is 13.9. The predicted octanol–water partition coefficient (Wildman–Crippen LogP) is 3.68. The Morgan fingerprint density at radius 1 is 1.20 bits per heavy atom. The summed E-state index contributed by atoms with van der Waals surface area (Å²) in [7, 11) is 1.78. The fraction of sp³-hybridized carbons (Fsp3) is 0.211. The summed E-state index contributed by atoms with van der Waals surface area (Å²) in [5, 5.41) is 2.13. The summed E-state index contributed by atoms with van der Waals surface area (Å²) >= 11 is 6.25. The zero-order valence-corrected chi connectivity index (χ0v) is 14.6. The Bertz CT molecular complexity index is 778. The van der Waals surface area contributed by atoms with Crippen LogP contribution in [0.15, 0.2) is 48.5 Å². The number of hydrazine groups is 1. The van der Waals surface area contributed by atoms with Crippen molar-refractivity contribution in [3.8, 4) is 11.5 Å². The number of nitrogens with zero attached hydrogens (tertiary/aromatic N) is 1. The lowest BCUT2D eigenvalue weighted by Crippen LogP contribution is -2.38. The molecule has 1 heterocycles.